The quantitative estimate of drug-likeness (QED) is 0.689. The Hall–Kier alpha value is -2.82. The van der Waals surface area contributed by atoms with Gasteiger partial charge in [-0.2, -0.15) is 0 Å². The maximum atomic E-state index is 12.8. The van der Waals surface area contributed by atoms with Gasteiger partial charge in [0.05, 0.1) is 20.1 Å². The number of ether oxygens (including phenoxy) is 2. The number of amides is 2. The molecule has 3 rings (SSSR count). The zero-order chi connectivity index (χ0) is 20.3. The van der Waals surface area contributed by atoms with E-state index in [9.17, 15) is 9.59 Å². The topological polar surface area (TPSA) is 55.8 Å². The summed E-state index contributed by atoms with van der Waals surface area (Å²) < 4.78 is 10.6. The third-order valence-electron chi connectivity index (χ3n) is 5.17. The zero-order valence-corrected chi connectivity index (χ0v) is 17.0. The first-order valence-corrected chi connectivity index (χ1v) is 9.53. The Balaban J connectivity index is 1.65. The molecule has 0 N–H and O–H groups in total. The van der Waals surface area contributed by atoms with Gasteiger partial charge in [-0.05, 0) is 49.9 Å². The second-order valence-electron chi connectivity index (χ2n) is 7.42. The minimum atomic E-state index is -0.265. The molecule has 0 aliphatic carbocycles. The highest BCUT2D eigenvalue weighted by Gasteiger charge is 2.38. The lowest BCUT2D eigenvalue weighted by Gasteiger charge is -2.16. The molecule has 2 aromatic rings. The van der Waals surface area contributed by atoms with Crippen molar-refractivity contribution in [3.8, 4) is 11.5 Å². The third-order valence-corrected chi connectivity index (χ3v) is 5.17. The van der Waals surface area contributed by atoms with E-state index in [0.717, 1.165) is 11.1 Å². The third kappa shape index (κ3) is 4.35. The molecule has 2 amide bonds. The highest BCUT2D eigenvalue weighted by molar-refractivity contribution is 6.03. The first-order valence-electron chi connectivity index (χ1n) is 9.53. The summed E-state index contributed by atoms with van der Waals surface area (Å²) in [4.78, 5) is 26.6. The summed E-state index contributed by atoms with van der Waals surface area (Å²) in [5.74, 6) is 0.892. The van der Waals surface area contributed by atoms with Crippen LogP contribution in [-0.2, 0) is 22.4 Å². The van der Waals surface area contributed by atoms with E-state index in [1.54, 1.807) is 14.2 Å². The smallest absolute Gasteiger partial charge is 0.233 e. The molecule has 0 spiro atoms. The average Bonchev–Trinajstić information content (AvgIpc) is 2.92. The van der Waals surface area contributed by atoms with E-state index in [1.807, 2.05) is 32.0 Å². The van der Waals surface area contributed by atoms with Gasteiger partial charge in [-0.25, -0.2) is 0 Å². The minimum absolute atomic E-state index is 0.0652. The van der Waals surface area contributed by atoms with E-state index in [0.29, 0.717) is 30.9 Å². The average molecular weight is 381 g/mol. The molecular weight excluding hydrogens is 354 g/mol. The van der Waals surface area contributed by atoms with Crippen LogP contribution >= 0.6 is 0 Å². The molecule has 2 aromatic carbocycles. The molecule has 5 nitrogen and oxygen atoms in total. The van der Waals surface area contributed by atoms with Crippen molar-refractivity contribution in [2.24, 2.45) is 5.92 Å². The van der Waals surface area contributed by atoms with Crippen LogP contribution in [0.25, 0.3) is 0 Å². The monoisotopic (exact) mass is 381 g/mol. The summed E-state index contributed by atoms with van der Waals surface area (Å²) >= 11 is 0. The van der Waals surface area contributed by atoms with Gasteiger partial charge in [-0.15, -0.1) is 0 Å². The number of carbonyl (C=O) groups excluding carboxylic acids is 2. The predicted molar refractivity (Wildman–Crippen MR) is 108 cm³/mol. The van der Waals surface area contributed by atoms with E-state index in [1.165, 1.54) is 16.0 Å². The minimum Gasteiger partial charge on any atom is -0.493 e. The second-order valence-corrected chi connectivity index (χ2v) is 7.42. The van der Waals surface area contributed by atoms with E-state index >= 15 is 0 Å². The van der Waals surface area contributed by atoms with E-state index in [4.69, 9.17) is 9.47 Å². The van der Waals surface area contributed by atoms with Gasteiger partial charge in [0, 0.05) is 13.0 Å². The van der Waals surface area contributed by atoms with Crippen molar-refractivity contribution in [3.63, 3.8) is 0 Å². The molecule has 148 valence electrons. The lowest BCUT2D eigenvalue weighted by molar-refractivity contribution is -0.139. The Labute approximate surface area is 166 Å². The number of benzene rings is 2. The fourth-order valence-electron chi connectivity index (χ4n) is 3.89. The van der Waals surface area contributed by atoms with Gasteiger partial charge in [0.1, 0.15) is 0 Å². The fraction of sp³-hybridized carbons (Fsp3) is 0.391. The highest BCUT2D eigenvalue weighted by atomic mass is 16.5. The van der Waals surface area contributed by atoms with Crippen LogP contribution in [-0.4, -0.2) is 37.5 Å². The van der Waals surface area contributed by atoms with Crippen molar-refractivity contribution in [1.29, 1.82) is 0 Å². The molecule has 28 heavy (non-hydrogen) atoms. The summed E-state index contributed by atoms with van der Waals surface area (Å²) in [5, 5.41) is 0. The number of hydrogen-bond donors (Lipinski definition) is 0. The largest absolute Gasteiger partial charge is 0.493 e. The van der Waals surface area contributed by atoms with E-state index in [-0.39, 0.29) is 24.2 Å². The maximum Gasteiger partial charge on any atom is 0.233 e. The molecule has 5 heteroatoms. The molecular formula is C23H27NO4. The summed E-state index contributed by atoms with van der Waals surface area (Å²) in [6.45, 7) is 4.48. The van der Waals surface area contributed by atoms with Crippen LogP contribution in [0, 0.1) is 19.8 Å². The summed E-state index contributed by atoms with van der Waals surface area (Å²) in [6.07, 6.45) is 1.49. The molecule has 1 saturated heterocycles. The Morgan fingerprint density at radius 1 is 0.929 bits per heavy atom. The Morgan fingerprint density at radius 3 is 2.25 bits per heavy atom. The highest BCUT2D eigenvalue weighted by Crippen LogP contribution is 2.29. The van der Waals surface area contributed by atoms with Crippen molar-refractivity contribution >= 4 is 11.8 Å². The van der Waals surface area contributed by atoms with Crippen LogP contribution in [0.3, 0.4) is 0 Å². The number of likely N-dealkylation sites (tertiary alicyclic amines) is 1. The van der Waals surface area contributed by atoms with Gasteiger partial charge >= 0.3 is 0 Å². The molecule has 0 aromatic heterocycles. The summed E-state index contributed by atoms with van der Waals surface area (Å²) in [7, 11) is 3.18. The van der Waals surface area contributed by atoms with Gasteiger partial charge in [0.25, 0.3) is 0 Å². The predicted octanol–water partition coefficient (Wildman–Crippen LogP) is 3.48. The summed E-state index contributed by atoms with van der Waals surface area (Å²) in [5.41, 5.74) is 4.47. The first kappa shape index (κ1) is 19.9. The van der Waals surface area contributed by atoms with Crippen LogP contribution in [0.2, 0.25) is 0 Å². The molecule has 1 fully saturated rings. The van der Waals surface area contributed by atoms with E-state index < -0.39 is 0 Å². The molecule has 1 atom stereocenters. The Bertz CT molecular complexity index is 870. The number of imide groups is 1. The number of aryl methyl sites for hydroxylation is 2. The van der Waals surface area contributed by atoms with Crippen LogP contribution in [0.1, 0.15) is 28.7 Å². The standard InChI is InChI=1S/C23H27NO4/c1-15-9-16(2)11-18(10-15)12-19-14-22(25)24(23(19)26)8-7-17-5-6-20(27-3)21(13-17)28-4/h5-6,9-11,13,19H,7-8,12,14H2,1-4H3/t19-/m0/s1. The van der Waals surface area contributed by atoms with E-state index in [2.05, 4.69) is 18.2 Å². The summed E-state index contributed by atoms with van der Waals surface area (Å²) in [6, 6.07) is 12.0. The molecule has 0 radical (unpaired) electrons. The fourth-order valence-corrected chi connectivity index (χ4v) is 3.89. The van der Waals surface area contributed by atoms with Gasteiger partial charge in [-0.1, -0.05) is 35.4 Å². The number of carbonyl (C=O) groups is 2. The Kier molecular flexibility index (Phi) is 6.02. The van der Waals surface area contributed by atoms with Crippen molar-refractivity contribution in [1.82, 2.24) is 4.90 Å². The SMILES string of the molecule is COc1ccc(CCN2C(=O)C[C@H](Cc3cc(C)cc(C)c3)C2=O)cc1OC. The molecule has 0 bridgehead atoms. The maximum absolute atomic E-state index is 12.8. The van der Waals surface area contributed by atoms with Crippen molar-refractivity contribution in [2.75, 3.05) is 20.8 Å². The molecule has 1 aliphatic heterocycles. The van der Waals surface area contributed by atoms with Crippen LogP contribution < -0.4 is 9.47 Å². The van der Waals surface area contributed by atoms with Gasteiger partial charge in [0.15, 0.2) is 11.5 Å². The zero-order valence-electron chi connectivity index (χ0n) is 17.0. The van der Waals surface area contributed by atoms with Crippen molar-refractivity contribution in [2.45, 2.75) is 33.1 Å². The number of rotatable bonds is 7. The molecule has 1 heterocycles. The molecule has 1 aliphatic rings. The van der Waals surface area contributed by atoms with Gasteiger partial charge in [0.2, 0.25) is 11.8 Å². The second kappa shape index (κ2) is 8.46. The molecule has 0 unspecified atom stereocenters. The number of nitrogens with zero attached hydrogens (tertiary/aromatic N) is 1. The van der Waals surface area contributed by atoms with Crippen LogP contribution in [0.5, 0.6) is 11.5 Å². The normalized spacial score (nSPS) is 16.6. The van der Waals surface area contributed by atoms with Gasteiger partial charge in [-0.3, -0.25) is 14.5 Å². The van der Waals surface area contributed by atoms with Crippen LogP contribution in [0.4, 0.5) is 0 Å². The first-order chi connectivity index (χ1) is 13.4. The van der Waals surface area contributed by atoms with Crippen LogP contribution in [0.15, 0.2) is 36.4 Å². The lowest BCUT2D eigenvalue weighted by atomic mass is 9.95. The van der Waals surface area contributed by atoms with Gasteiger partial charge < -0.3 is 9.47 Å². The Morgan fingerprint density at radius 2 is 1.61 bits per heavy atom. The van der Waals surface area contributed by atoms with Crippen molar-refractivity contribution in [3.05, 3.63) is 58.7 Å². The molecule has 0 saturated carbocycles. The van der Waals surface area contributed by atoms with Crippen molar-refractivity contribution < 1.29 is 19.1 Å². The number of hydrogen-bond acceptors (Lipinski definition) is 4. The number of methoxy groups -OCH3 is 2. The lowest BCUT2D eigenvalue weighted by Crippen LogP contribution is -2.33.